The second-order valence-electron chi connectivity index (χ2n) is 8.00. The zero-order valence-electron chi connectivity index (χ0n) is 17.3. The topological polar surface area (TPSA) is 18.5 Å². The maximum atomic E-state index is 5.86. The van der Waals surface area contributed by atoms with Crippen molar-refractivity contribution < 1.29 is 9.47 Å². The minimum absolute atomic E-state index is 0.978. The molecule has 0 spiro atoms. The van der Waals surface area contributed by atoms with E-state index in [0.29, 0.717) is 0 Å². The van der Waals surface area contributed by atoms with Crippen molar-refractivity contribution >= 4 is 0 Å². The number of fused-ring (bicyclic) bond motifs is 4. The van der Waals surface area contributed by atoms with Gasteiger partial charge in [0.15, 0.2) is 0 Å². The first-order valence-electron chi connectivity index (χ1n) is 10.4. The summed E-state index contributed by atoms with van der Waals surface area (Å²) in [6.07, 6.45) is 1.96. The molecule has 148 valence electrons. The smallest absolute Gasteiger partial charge is 0.131 e. The fourth-order valence-corrected chi connectivity index (χ4v) is 3.99. The van der Waals surface area contributed by atoms with E-state index < -0.39 is 0 Å². The van der Waals surface area contributed by atoms with Gasteiger partial charge in [-0.05, 0) is 65.9 Å². The molecule has 2 nitrogen and oxygen atoms in total. The summed E-state index contributed by atoms with van der Waals surface area (Å²) in [5.74, 6) is 4.00. The van der Waals surface area contributed by atoms with Gasteiger partial charge >= 0.3 is 0 Å². The average molecular weight is 392 g/mol. The number of hydrogen-bond acceptors (Lipinski definition) is 2. The van der Waals surface area contributed by atoms with Gasteiger partial charge in [0.05, 0.1) is 0 Å². The Hall–Kier alpha value is -3.52. The molecule has 0 saturated heterocycles. The Kier molecular flexibility index (Phi) is 4.76. The van der Waals surface area contributed by atoms with E-state index in [9.17, 15) is 0 Å². The monoisotopic (exact) mass is 392 g/mol. The van der Waals surface area contributed by atoms with E-state index >= 15 is 0 Å². The molecule has 0 bridgehead atoms. The molecule has 6 rings (SSSR count). The molecule has 2 aliphatic rings. The van der Waals surface area contributed by atoms with E-state index in [1.165, 1.54) is 33.4 Å². The van der Waals surface area contributed by atoms with Gasteiger partial charge in [-0.25, -0.2) is 0 Å². The lowest BCUT2D eigenvalue weighted by molar-refractivity contribution is 0.459. The lowest BCUT2D eigenvalue weighted by Crippen LogP contribution is -2.02. The average Bonchev–Trinajstić information content (AvgIpc) is 2.76. The third-order valence-electron chi connectivity index (χ3n) is 5.59. The van der Waals surface area contributed by atoms with Gasteiger partial charge in [0.1, 0.15) is 23.0 Å². The molecule has 0 N–H and O–H groups in total. The van der Waals surface area contributed by atoms with Gasteiger partial charge in [-0.15, -0.1) is 0 Å². The Labute approximate surface area is 177 Å². The summed E-state index contributed by atoms with van der Waals surface area (Å²) < 4.78 is 11.7. The summed E-state index contributed by atoms with van der Waals surface area (Å²) >= 11 is 0. The van der Waals surface area contributed by atoms with E-state index in [2.05, 4.69) is 74.5 Å². The van der Waals surface area contributed by atoms with Crippen LogP contribution in [0.5, 0.6) is 23.0 Å². The van der Waals surface area contributed by atoms with Crippen molar-refractivity contribution in [3.63, 3.8) is 0 Å². The van der Waals surface area contributed by atoms with Crippen molar-refractivity contribution in [3.05, 3.63) is 118 Å². The number of hydrogen-bond donors (Lipinski definition) is 0. The summed E-state index contributed by atoms with van der Waals surface area (Å²) in [7, 11) is 0. The fourth-order valence-electron chi connectivity index (χ4n) is 3.99. The van der Waals surface area contributed by atoms with Crippen LogP contribution in [-0.2, 0) is 12.8 Å². The first-order valence-corrected chi connectivity index (χ1v) is 10.4. The van der Waals surface area contributed by atoms with Crippen LogP contribution in [0.4, 0.5) is 0 Å². The largest absolute Gasteiger partial charge is 0.457 e. The van der Waals surface area contributed by atoms with E-state index in [4.69, 9.17) is 9.47 Å². The number of para-hydroxylation sites is 2. The van der Waals surface area contributed by atoms with E-state index in [1.54, 1.807) is 0 Å². The molecule has 0 atom stereocenters. The predicted molar refractivity (Wildman–Crippen MR) is 121 cm³/mol. The van der Waals surface area contributed by atoms with Crippen LogP contribution in [0.3, 0.4) is 0 Å². The van der Waals surface area contributed by atoms with Crippen molar-refractivity contribution in [1.29, 1.82) is 0 Å². The maximum Gasteiger partial charge on any atom is 0.131 e. The zero-order chi connectivity index (χ0) is 20.5. The number of ether oxygens (including phenoxy) is 2. The Morgan fingerprint density at radius 3 is 1.70 bits per heavy atom. The minimum atomic E-state index is 0.978. The lowest BCUT2D eigenvalue weighted by atomic mass is 9.99. The van der Waals surface area contributed by atoms with Gasteiger partial charge in [-0.2, -0.15) is 0 Å². The summed E-state index contributed by atoms with van der Waals surface area (Å²) in [6.45, 7) is 4.20. The standard InChI is InChI=1S/2C14H12O/c1-10-6-7-14-12(8-10)9-11-4-2-3-5-13(11)15-14;1-10-6-7-12-9-11-4-2-3-5-13(11)15-14(12)8-10/h2*2-8H,9H2,1H3. The number of benzene rings is 4. The predicted octanol–water partition coefficient (Wildman–Crippen LogP) is 7.38. The molecule has 2 heterocycles. The van der Waals surface area contributed by atoms with Crippen LogP contribution in [-0.4, -0.2) is 0 Å². The molecule has 0 fully saturated rings. The first-order chi connectivity index (χ1) is 14.7. The highest BCUT2D eigenvalue weighted by Gasteiger charge is 2.16. The highest BCUT2D eigenvalue weighted by molar-refractivity contribution is 5.51. The van der Waals surface area contributed by atoms with Gasteiger partial charge in [0.25, 0.3) is 0 Å². The van der Waals surface area contributed by atoms with E-state index in [-0.39, 0.29) is 0 Å². The fraction of sp³-hybridized carbons (Fsp3) is 0.143. The highest BCUT2D eigenvalue weighted by Crippen LogP contribution is 2.37. The van der Waals surface area contributed by atoms with Crippen molar-refractivity contribution in [2.24, 2.45) is 0 Å². The summed E-state index contributed by atoms with van der Waals surface area (Å²) in [6, 6.07) is 29.2. The van der Waals surface area contributed by atoms with Gasteiger partial charge in [-0.1, -0.05) is 66.2 Å². The molecule has 0 amide bonds. The van der Waals surface area contributed by atoms with Crippen molar-refractivity contribution in [1.82, 2.24) is 0 Å². The Bertz CT molecular complexity index is 1130. The Morgan fingerprint density at radius 2 is 0.967 bits per heavy atom. The second kappa shape index (κ2) is 7.72. The third kappa shape index (κ3) is 3.69. The zero-order valence-corrected chi connectivity index (χ0v) is 17.3. The van der Waals surface area contributed by atoms with Gasteiger partial charge in [0.2, 0.25) is 0 Å². The molecule has 2 heteroatoms. The number of aryl methyl sites for hydroxylation is 2. The van der Waals surface area contributed by atoms with Crippen LogP contribution in [0.25, 0.3) is 0 Å². The summed E-state index contributed by atoms with van der Waals surface area (Å²) in [4.78, 5) is 0. The maximum absolute atomic E-state index is 5.86. The van der Waals surface area contributed by atoms with E-state index in [0.717, 1.165) is 35.8 Å². The Balaban J connectivity index is 0.000000128. The van der Waals surface area contributed by atoms with Gasteiger partial charge < -0.3 is 9.47 Å². The minimum Gasteiger partial charge on any atom is -0.457 e. The van der Waals surface area contributed by atoms with Crippen LogP contribution in [0, 0.1) is 13.8 Å². The van der Waals surface area contributed by atoms with Crippen LogP contribution < -0.4 is 9.47 Å². The first kappa shape index (κ1) is 18.5. The molecule has 0 aromatic heterocycles. The molecular formula is C28H24O2. The second-order valence-corrected chi connectivity index (χ2v) is 8.00. The van der Waals surface area contributed by atoms with Crippen molar-refractivity contribution in [3.8, 4) is 23.0 Å². The molecule has 0 unspecified atom stereocenters. The van der Waals surface area contributed by atoms with E-state index in [1.807, 2.05) is 24.3 Å². The summed E-state index contributed by atoms with van der Waals surface area (Å²) in [5.41, 5.74) is 7.64. The SMILES string of the molecule is Cc1ccc2c(c1)Cc1ccccc1O2.Cc1ccc2c(c1)Oc1ccccc1C2. The molecule has 0 saturated carbocycles. The molecule has 0 radical (unpaired) electrons. The summed E-state index contributed by atoms with van der Waals surface area (Å²) in [5, 5.41) is 0. The lowest BCUT2D eigenvalue weighted by Gasteiger charge is -2.20. The van der Waals surface area contributed by atoms with Crippen molar-refractivity contribution in [2.45, 2.75) is 26.7 Å². The van der Waals surface area contributed by atoms with Crippen LogP contribution in [0.15, 0.2) is 84.9 Å². The Morgan fingerprint density at radius 1 is 0.467 bits per heavy atom. The van der Waals surface area contributed by atoms with Gasteiger partial charge in [0, 0.05) is 12.8 Å². The van der Waals surface area contributed by atoms with Gasteiger partial charge in [-0.3, -0.25) is 0 Å². The van der Waals surface area contributed by atoms with Crippen LogP contribution in [0.2, 0.25) is 0 Å². The van der Waals surface area contributed by atoms with Crippen LogP contribution >= 0.6 is 0 Å². The molecule has 4 aromatic carbocycles. The molecule has 4 aromatic rings. The highest BCUT2D eigenvalue weighted by atomic mass is 16.5. The van der Waals surface area contributed by atoms with Crippen LogP contribution in [0.1, 0.15) is 33.4 Å². The molecule has 0 aliphatic carbocycles. The molecule has 2 aliphatic heterocycles. The molecule has 30 heavy (non-hydrogen) atoms. The normalized spacial score (nSPS) is 12.6. The molecular weight excluding hydrogens is 368 g/mol. The van der Waals surface area contributed by atoms with Crippen molar-refractivity contribution in [2.75, 3.05) is 0 Å². The quantitative estimate of drug-likeness (QED) is 0.268. The number of rotatable bonds is 0. The third-order valence-corrected chi connectivity index (χ3v) is 5.59.